The summed E-state index contributed by atoms with van der Waals surface area (Å²) in [6, 6.07) is 0. The number of hydrogen-bond donors (Lipinski definition) is 3. The fourth-order valence-corrected chi connectivity index (χ4v) is 11.1. The van der Waals surface area contributed by atoms with Crippen LogP contribution in [0.15, 0.2) is 0 Å². The van der Waals surface area contributed by atoms with Gasteiger partial charge < -0.3 is 15.3 Å². The molecule has 184 valence electrons. The van der Waals surface area contributed by atoms with E-state index in [0.29, 0.717) is 29.1 Å². The first-order chi connectivity index (χ1) is 15.0. The highest BCUT2D eigenvalue weighted by molar-refractivity contribution is 5.25. The summed E-state index contributed by atoms with van der Waals surface area (Å²) in [5.74, 6) is 4.05. The monoisotopic (exact) mass is 446 g/mol. The topological polar surface area (TPSA) is 60.7 Å². The van der Waals surface area contributed by atoms with Crippen LogP contribution in [0, 0.1) is 63.6 Å². The molecule has 0 bridgehead atoms. The van der Waals surface area contributed by atoms with E-state index < -0.39 is 12.2 Å². The van der Waals surface area contributed by atoms with Crippen LogP contribution in [-0.2, 0) is 0 Å². The van der Waals surface area contributed by atoms with Gasteiger partial charge in [0, 0.05) is 5.41 Å². The van der Waals surface area contributed by atoms with Gasteiger partial charge in [0.15, 0.2) is 0 Å². The summed E-state index contributed by atoms with van der Waals surface area (Å²) >= 11 is 0. The van der Waals surface area contributed by atoms with E-state index >= 15 is 0 Å². The molecule has 0 unspecified atom stereocenters. The molecule has 3 nitrogen and oxygen atoms in total. The Hall–Kier alpha value is -0.120. The molecule has 13 atom stereocenters. The lowest BCUT2D eigenvalue weighted by molar-refractivity contribution is -0.157. The van der Waals surface area contributed by atoms with E-state index in [1.54, 1.807) is 0 Å². The zero-order chi connectivity index (χ0) is 23.2. The second kappa shape index (κ2) is 7.69. The molecule has 0 aromatic heterocycles. The van der Waals surface area contributed by atoms with Crippen molar-refractivity contribution < 1.29 is 15.3 Å². The van der Waals surface area contributed by atoms with Gasteiger partial charge in [-0.1, -0.05) is 48.0 Å². The largest absolute Gasteiger partial charge is 0.393 e. The standard InChI is InChI=1S/C29H50O3/c1-7-19(16(2)3)26(32)25(31)17(4)21-8-9-22-20-14-24(30)29-15-18(29)10-13-28(29,6)23(20)11-12-27(21,22)5/h16-26,30-32H,7-15H2,1-6H3/t17-,18-,19-,20-,21+,22-,23-,24+,25-,26-,27+,28+,29-/m0/s1. The molecule has 5 rings (SSSR count). The zero-order valence-electron chi connectivity index (χ0n) is 21.6. The van der Waals surface area contributed by atoms with Crippen LogP contribution in [0.2, 0.25) is 0 Å². The molecule has 1 spiro atoms. The van der Waals surface area contributed by atoms with Gasteiger partial charge in [0.25, 0.3) is 0 Å². The highest BCUT2D eigenvalue weighted by atomic mass is 16.3. The average molecular weight is 447 g/mol. The quantitative estimate of drug-likeness (QED) is 0.494. The smallest absolute Gasteiger partial charge is 0.0832 e. The molecule has 0 amide bonds. The van der Waals surface area contributed by atoms with Crippen LogP contribution in [0.3, 0.4) is 0 Å². The van der Waals surface area contributed by atoms with Crippen molar-refractivity contribution in [1.29, 1.82) is 0 Å². The van der Waals surface area contributed by atoms with Crippen LogP contribution < -0.4 is 0 Å². The third kappa shape index (κ3) is 2.89. The number of hydrogen-bond acceptors (Lipinski definition) is 3. The maximum absolute atomic E-state index is 11.4. The van der Waals surface area contributed by atoms with Crippen LogP contribution >= 0.6 is 0 Å². The third-order valence-corrected chi connectivity index (χ3v) is 12.9. The predicted octanol–water partition coefficient (Wildman–Crippen LogP) is 5.66. The van der Waals surface area contributed by atoms with E-state index in [9.17, 15) is 15.3 Å². The predicted molar refractivity (Wildman–Crippen MR) is 129 cm³/mol. The van der Waals surface area contributed by atoms with Gasteiger partial charge in [-0.2, -0.15) is 0 Å². The van der Waals surface area contributed by atoms with E-state index in [1.165, 1.54) is 44.9 Å². The molecule has 3 heteroatoms. The highest BCUT2D eigenvalue weighted by Gasteiger charge is 2.77. The van der Waals surface area contributed by atoms with Crippen molar-refractivity contribution in [2.75, 3.05) is 0 Å². The molecule has 0 aliphatic heterocycles. The fraction of sp³-hybridized carbons (Fsp3) is 1.00. The number of rotatable bonds is 6. The lowest BCUT2D eigenvalue weighted by Gasteiger charge is -2.60. The lowest BCUT2D eigenvalue weighted by Crippen LogP contribution is -2.57. The van der Waals surface area contributed by atoms with Crippen molar-refractivity contribution >= 4 is 0 Å². The fourth-order valence-electron chi connectivity index (χ4n) is 11.1. The van der Waals surface area contributed by atoms with E-state index in [1.807, 2.05) is 0 Å². The molecule has 5 saturated carbocycles. The van der Waals surface area contributed by atoms with Crippen LogP contribution in [0.4, 0.5) is 0 Å². The summed E-state index contributed by atoms with van der Waals surface area (Å²) in [5, 5.41) is 33.7. The van der Waals surface area contributed by atoms with Crippen molar-refractivity contribution in [2.45, 2.75) is 118 Å². The Kier molecular flexibility index (Phi) is 5.67. The minimum absolute atomic E-state index is 0.0937. The molecule has 0 heterocycles. The van der Waals surface area contributed by atoms with Gasteiger partial charge >= 0.3 is 0 Å². The molecule has 32 heavy (non-hydrogen) atoms. The Balaban J connectivity index is 1.36. The van der Waals surface area contributed by atoms with Gasteiger partial charge in [-0.15, -0.1) is 0 Å². The first kappa shape index (κ1) is 23.6. The van der Waals surface area contributed by atoms with Gasteiger partial charge in [0.2, 0.25) is 0 Å². The van der Waals surface area contributed by atoms with Gasteiger partial charge in [0.05, 0.1) is 18.3 Å². The molecule has 0 saturated heterocycles. The van der Waals surface area contributed by atoms with Crippen LogP contribution in [0.5, 0.6) is 0 Å². The molecular weight excluding hydrogens is 396 g/mol. The Morgan fingerprint density at radius 2 is 1.62 bits per heavy atom. The normalized spacial score (nSPS) is 53.1. The molecule has 5 aliphatic rings. The molecule has 0 aromatic rings. The SMILES string of the molecule is CC[C@@H](C(C)C)[C@H](O)[C@@H](O)[C@@H](C)[C@H]1CC[C@H]2[C@@H]3C[C@@H](O)[C@]45C[C@@H]4CC[C@]5(C)[C@H]3CC[C@]12C. The van der Waals surface area contributed by atoms with Gasteiger partial charge in [0.1, 0.15) is 0 Å². The van der Waals surface area contributed by atoms with Crippen molar-refractivity contribution in [3.05, 3.63) is 0 Å². The maximum Gasteiger partial charge on any atom is 0.0832 e. The first-order valence-electron chi connectivity index (χ1n) is 14.1. The molecule has 0 aromatic carbocycles. The van der Waals surface area contributed by atoms with Crippen LogP contribution in [0.25, 0.3) is 0 Å². The van der Waals surface area contributed by atoms with E-state index in [2.05, 4.69) is 41.5 Å². The average Bonchev–Trinajstić information content (AvgIpc) is 3.27. The molecule has 5 fully saturated rings. The summed E-state index contributed by atoms with van der Waals surface area (Å²) in [4.78, 5) is 0. The third-order valence-electron chi connectivity index (χ3n) is 12.9. The Bertz CT molecular complexity index is 721. The van der Waals surface area contributed by atoms with Crippen molar-refractivity contribution in [3.8, 4) is 0 Å². The maximum atomic E-state index is 11.4. The highest BCUT2D eigenvalue weighted by Crippen LogP contribution is 2.81. The summed E-state index contributed by atoms with van der Waals surface area (Å²) < 4.78 is 0. The van der Waals surface area contributed by atoms with Gasteiger partial charge in [-0.3, -0.25) is 0 Å². The zero-order valence-corrected chi connectivity index (χ0v) is 21.6. The van der Waals surface area contributed by atoms with E-state index in [4.69, 9.17) is 0 Å². The number of fused-ring (bicyclic) bond motifs is 4. The minimum atomic E-state index is -0.638. The Morgan fingerprint density at radius 1 is 0.906 bits per heavy atom. The van der Waals surface area contributed by atoms with Crippen molar-refractivity contribution in [3.63, 3.8) is 0 Å². The van der Waals surface area contributed by atoms with E-state index in [0.717, 1.165) is 24.7 Å². The lowest BCUT2D eigenvalue weighted by atomic mass is 9.45. The van der Waals surface area contributed by atoms with E-state index in [-0.39, 0.29) is 28.8 Å². The van der Waals surface area contributed by atoms with Crippen molar-refractivity contribution in [1.82, 2.24) is 0 Å². The Labute approximate surface area is 196 Å². The first-order valence-corrected chi connectivity index (χ1v) is 14.1. The van der Waals surface area contributed by atoms with Crippen LogP contribution in [0.1, 0.15) is 99.3 Å². The number of aliphatic hydroxyl groups excluding tert-OH is 3. The van der Waals surface area contributed by atoms with Gasteiger partial charge in [-0.25, -0.2) is 0 Å². The molecule has 0 radical (unpaired) electrons. The second-order valence-electron chi connectivity index (χ2n) is 13.9. The van der Waals surface area contributed by atoms with Crippen LogP contribution in [-0.4, -0.2) is 33.6 Å². The molecule has 5 aliphatic carbocycles. The molecular formula is C29H50O3. The summed E-state index contributed by atoms with van der Waals surface area (Å²) in [6.07, 6.45) is 9.53. The molecule has 3 N–H and O–H groups in total. The van der Waals surface area contributed by atoms with Gasteiger partial charge in [-0.05, 0) is 110 Å². The Morgan fingerprint density at radius 3 is 2.25 bits per heavy atom. The summed E-state index contributed by atoms with van der Waals surface area (Å²) in [6.45, 7) is 13.7. The van der Waals surface area contributed by atoms with Crippen molar-refractivity contribution in [2.24, 2.45) is 63.6 Å². The second-order valence-corrected chi connectivity index (χ2v) is 13.9. The summed E-state index contributed by atoms with van der Waals surface area (Å²) in [5.41, 5.74) is 0.856. The number of aliphatic hydroxyl groups is 3. The minimum Gasteiger partial charge on any atom is -0.393 e. The summed E-state index contributed by atoms with van der Waals surface area (Å²) in [7, 11) is 0.